The average Bonchev–Trinajstić information content (AvgIpc) is 2.28. The number of aliphatic carboxylic acids is 1. The number of benzene rings is 1. The van der Waals surface area contributed by atoms with E-state index in [1.165, 1.54) is 0 Å². The maximum Gasteiger partial charge on any atom is 0.325 e. The van der Waals surface area contributed by atoms with Crippen molar-refractivity contribution in [3.05, 3.63) is 35.9 Å². The van der Waals surface area contributed by atoms with Gasteiger partial charge in [-0.15, -0.1) is 0 Å². The van der Waals surface area contributed by atoms with Crippen molar-refractivity contribution in [2.45, 2.75) is 32.9 Å². The summed E-state index contributed by atoms with van der Waals surface area (Å²) < 4.78 is 0. The van der Waals surface area contributed by atoms with E-state index in [1.54, 1.807) is 0 Å². The summed E-state index contributed by atoms with van der Waals surface area (Å²) in [5.74, 6) is -0.378. The number of hydrogen-bond donors (Lipinski definition) is 1. The molecule has 0 radical (unpaired) electrons. The van der Waals surface area contributed by atoms with Gasteiger partial charge in [0.05, 0.1) is 0 Å². The Balaban J connectivity index is 2.99. The molecule has 0 amide bonds. The maximum atomic E-state index is 11.4. The number of likely N-dealkylation sites (N-methyl/N-ethyl adjacent to an activating group) is 1. The molecule has 94 valence electrons. The van der Waals surface area contributed by atoms with Gasteiger partial charge in [0.25, 0.3) is 0 Å². The van der Waals surface area contributed by atoms with Crippen molar-refractivity contribution >= 4 is 5.97 Å². The summed E-state index contributed by atoms with van der Waals surface area (Å²) >= 11 is 0. The Morgan fingerprint density at radius 1 is 1.18 bits per heavy atom. The van der Waals surface area contributed by atoms with Crippen molar-refractivity contribution in [1.82, 2.24) is 4.90 Å². The first-order valence-electron chi connectivity index (χ1n) is 5.94. The van der Waals surface area contributed by atoms with E-state index in [2.05, 4.69) is 20.8 Å². The first kappa shape index (κ1) is 13.7. The van der Waals surface area contributed by atoms with Crippen LogP contribution in [0.25, 0.3) is 0 Å². The van der Waals surface area contributed by atoms with Gasteiger partial charge in [0.15, 0.2) is 0 Å². The molecule has 0 fully saturated rings. The summed E-state index contributed by atoms with van der Waals surface area (Å²) in [7, 11) is 1.87. The van der Waals surface area contributed by atoms with Gasteiger partial charge in [-0.1, -0.05) is 44.2 Å². The quantitative estimate of drug-likeness (QED) is 0.853. The van der Waals surface area contributed by atoms with Crippen LogP contribution in [-0.4, -0.2) is 29.1 Å². The van der Waals surface area contributed by atoms with E-state index in [-0.39, 0.29) is 6.04 Å². The molecule has 0 aliphatic rings. The summed E-state index contributed by atoms with van der Waals surface area (Å²) in [6, 6.07) is 9.02. The van der Waals surface area contributed by atoms with Crippen molar-refractivity contribution in [3.8, 4) is 0 Å². The summed E-state index contributed by atoms with van der Waals surface area (Å²) in [4.78, 5) is 13.3. The van der Waals surface area contributed by atoms with Crippen LogP contribution in [0.3, 0.4) is 0 Å². The Morgan fingerprint density at radius 2 is 1.71 bits per heavy atom. The van der Waals surface area contributed by atoms with Gasteiger partial charge in [0, 0.05) is 6.04 Å². The number of carbonyl (C=O) groups is 1. The Labute approximate surface area is 103 Å². The lowest BCUT2D eigenvalue weighted by atomic mass is 9.99. The Hall–Kier alpha value is -1.35. The van der Waals surface area contributed by atoms with E-state index in [0.717, 1.165) is 5.56 Å². The third-order valence-corrected chi connectivity index (χ3v) is 3.36. The molecule has 1 aromatic rings. The van der Waals surface area contributed by atoms with E-state index in [9.17, 15) is 9.90 Å². The minimum Gasteiger partial charge on any atom is -0.480 e. The van der Waals surface area contributed by atoms with Crippen molar-refractivity contribution in [3.63, 3.8) is 0 Å². The van der Waals surface area contributed by atoms with E-state index in [0.29, 0.717) is 5.92 Å². The van der Waals surface area contributed by atoms with Crippen LogP contribution in [0.2, 0.25) is 0 Å². The van der Waals surface area contributed by atoms with Gasteiger partial charge < -0.3 is 5.11 Å². The fraction of sp³-hybridized carbons (Fsp3) is 0.500. The summed E-state index contributed by atoms with van der Waals surface area (Å²) in [6.07, 6.45) is 0. The van der Waals surface area contributed by atoms with Crippen LogP contribution in [0.1, 0.15) is 32.4 Å². The molecule has 1 rings (SSSR count). The molecule has 0 aliphatic heterocycles. The smallest absolute Gasteiger partial charge is 0.325 e. The van der Waals surface area contributed by atoms with Crippen molar-refractivity contribution in [2.24, 2.45) is 5.92 Å². The molecule has 17 heavy (non-hydrogen) atoms. The van der Waals surface area contributed by atoms with Gasteiger partial charge in [-0.2, -0.15) is 0 Å². The molecule has 0 saturated heterocycles. The highest BCUT2D eigenvalue weighted by atomic mass is 16.4. The molecule has 1 N–H and O–H groups in total. The molecule has 0 saturated carbocycles. The lowest BCUT2D eigenvalue weighted by Crippen LogP contribution is -2.40. The molecule has 0 bridgehead atoms. The van der Waals surface area contributed by atoms with E-state index in [4.69, 9.17) is 0 Å². The zero-order valence-corrected chi connectivity index (χ0v) is 10.9. The SMILES string of the molecule is CC(C)C(C)N(C)C(C(=O)O)c1ccccc1. The molecular formula is C14H21NO2. The van der Waals surface area contributed by atoms with E-state index >= 15 is 0 Å². The number of rotatable bonds is 5. The van der Waals surface area contributed by atoms with E-state index < -0.39 is 12.0 Å². The molecule has 0 heterocycles. The zero-order chi connectivity index (χ0) is 13.0. The molecule has 1 aromatic carbocycles. The minimum atomic E-state index is -0.800. The van der Waals surface area contributed by atoms with Crippen LogP contribution in [0, 0.1) is 5.92 Å². The van der Waals surface area contributed by atoms with Crippen LogP contribution in [0.4, 0.5) is 0 Å². The second-order valence-corrected chi connectivity index (χ2v) is 4.80. The minimum absolute atomic E-state index is 0.219. The van der Waals surface area contributed by atoms with Gasteiger partial charge in [0.2, 0.25) is 0 Å². The van der Waals surface area contributed by atoms with Gasteiger partial charge in [-0.05, 0) is 25.5 Å². The largest absolute Gasteiger partial charge is 0.480 e. The highest BCUT2D eigenvalue weighted by molar-refractivity contribution is 5.75. The van der Waals surface area contributed by atoms with Crippen LogP contribution in [0.15, 0.2) is 30.3 Å². The molecule has 3 nitrogen and oxygen atoms in total. The highest BCUT2D eigenvalue weighted by Gasteiger charge is 2.28. The number of carboxylic acid groups (broad SMARTS) is 1. The monoisotopic (exact) mass is 235 g/mol. The third-order valence-electron chi connectivity index (χ3n) is 3.36. The predicted molar refractivity (Wildman–Crippen MR) is 68.9 cm³/mol. The number of hydrogen-bond acceptors (Lipinski definition) is 2. The summed E-state index contributed by atoms with van der Waals surface area (Å²) in [5.41, 5.74) is 0.829. The number of carboxylic acids is 1. The number of nitrogens with zero attached hydrogens (tertiary/aromatic N) is 1. The Kier molecular flexibility index (Phi) is 4.70. The van der Waals surface area contributed by atoms with Crippen LogP contribution in [-0.2, 0) is 4.79 Å². The summed E-state index contributed by atoms with van der Waals surface area (Å²) in [5, 5.41) is 9.39. The lowest BCUT2D eigenvalue weighted by Gasteiger charge is -2.33. The molecule has 3 heteroatoms. The fourth-order valence-electron chi connectivity index (χ4n) is 1.89. The van der Waals surface area contributed by atoms with Crippen LogP contribution < -0.4 is 0 Å². The molecule has 0 aliphatic carbocycles. The van der Waals surface area contributed by atoms with Crippen LogP contribution >= 0.6 is 0 Å². The first-order valence-corrected chi connectivity index (χ1v) is 5.94. The standard InChI is InChI=1S/C14H21NO2/c1-10(2)11(3)15(4)13(14(16)17)12-8-6-5-7-9-12/h5-11,13H,1-4H3,(H,16,17). The molecule has 2 unspecified atom stereocenters. The average molecular weight is 235 g/mol. The van der Waals surface area contributed by atoms with Crippen molar-refractivity contribution < 1.29 is 9.90 Å². The highest BCUT2D eigenvalue weighted by Crippen LogP contribution is 2.24. The predicted octanol–water partition coefficient (Wildman–Crippen LogP) is 2.79. The fourth-order valence-corrected chi connectivity index (χ4v) is 1.89. The topological polar surface area (TPSA) is 40.5 Å². The zero-order valence-electron chi connectivity index (χ0n) is 10.9. The maximum absolute atomic E-state index is 11.4. The Bertz CT molecular complexity index is 362. The molecule has 0 spiro atoms. The van der Waals surface area contributed by atoms with E-state index in [1.807, 2.05) is 42.3 Å². The molecule has 0 aromatic heterocycles. The Morgan fingerprint density at radius 3 is 2.12 bits per heavy atom. The molecule has 2 atom stereocenters. The van der Waals surface area contributed by atoms with Gasteiger partial charge in [0.1, 0.15) is 6.04 Å². The first-order chi connectivity index (χ1) is 7.95. The lowest BCUT2D eigenvalue weighted by molar-refractivity contribution is -0.144. The summed E-state index contributed by atoms with van der Waals surface area (Å²) in [6.45, 7) is 6.26. The van der Waals surface area contributed by atoms with Crippen molar-refractivity contribution in [1.29, 1.82) is 0 Å². The van der Waals surface area contributed by atoms with Gasteiger partial charge >= 0.3 is 5.97 Å². The second-order valence-electron chi connectivity index (χ2n) is 4.80. The third kappa shape index (κ3) is 3.30. The second kappa shape index (κ2) is 5.82. The molecular weight excluding hydrogens is 214 g/mol. The van der Waals surface area contributed by atoms with Gasteiger partial charge in [-0.3, -0.25) is 9.69 Å². The van der Waals surface area contributed by atoms with Crippen molar-refractivity contribution in [2.75, 3.05) is 7.05 Å². The van der Waals surface area contributed by atoms with Gasteiger partial charge in [-0.25, -0.2) is 0 Å². The van der Waals surface area contributed by atoms with Crippen LogP contribution in [0.5, 0.6) is 0 Å². The normalized spacial score (nSPS) is 14.9.